The van der Waals surface area contributed by atoms with Crippen molar-refractivity contribution in [1.82, 2.24) is 15.5 Å². The molecule has 0 spiro atoms. The molecular weight excluding hydrogens is 194 g/mol. The minimum atomic E-state index is -0.268. The van der Waals surface area contributed by atoms with Gasteiger partial charge in [0, 0.05) is 17.7 Å². The van der Waals surface area contributed by atoms with E-state index in [0.717, 1.165) is 5.69 Å². The van der Waals surface area contributed by atoms with E-state index in [-0.39, 0.29) is 24.5 Å². The lowest BCUT2D eigenvalue weighted by Crippen LogP contribution is -2.26. The van der Waals surface area contributed by atoms with Crippen molar-refractivity contribution in [2.75, 3.05) is 13.2 Å². The first-order valence-corrected chi connectivity index (χ1v) is 4.90. The second-order valence-electron chi connectivity index (χ2n) is 4.40. The van der Waals surface area contributed by atoms with E-state index in [2.05, 4.69) is 15.5 Å². The molecule has 5 nitrogen and oxygen atoms in total. The smallest absolute Gasteiger partial charge is 0.271 e. The van der Waals surface area contributed by atoms with Gasteiger partial charge in [0.2, 0.25) is 0 Å². The van der Waals surface area contributed by atoms with Crippen molar-refractivity contribution in [3.63, 3.8) is 0 Å². The standard InChI is InChI=1S/C10H17N3O2/c1-10(2,3)8-6-7(12-13-8)9(15)11-4-5-14/h6,14H,4-5H2,1-3H3,(H,11,15)(H,12,13). The lowest BCUT2D eigenvalue weighted by atomic mass is 9.92. The van der Waals surface area contributed by atoms with Crippen LogP contribution in [0.4, 0.5) is 0 Å². The monoisotopic (exact) mass is 211 g/mol. The second-order valence-corrected chi connectivity index (χ2v) is 4.40. The normalized spacial score (nSPS) is 11.5. The van der Waals surface area contributed by atoms with E-state index in [0.29, 0.717) is 5.69 Å². The van der Waals surface area contributed by atoms with Crippen LogP contribution in [0.1, 0.15) is 37.0 Å². The third-order valence-electron chi connectivity index (χ3n) is 2.02. The van der Waals surface area contributed by atoms with Crippen LogP contribution in [0.5, 0.6) is 0 Å². The van der Waals surface area contributed by atoms with Crippen molar-refractivity contribution in [1.29, 1.82) is 0 Å². The lowest BCUT2D eigenvalue weighted by molar-refractivity contribution is 0.0940. The molecule has 0 bridgehead atoms. The Kier molecular flexibility index (Phi) is 3.47. The molecule has 1 amide bonds. The number of H-pyrrole nitrogens is 1. The molecule has 1 aromatic rings. The summed E-state index contributed by atoms with van der Waals surface area (Å²) in [4.78, 5) is 11.4. The highest BCUT2D eigenvalue weighted by molar-refractivity contribution is 5.92. The molecule has 1 heterocycles. The topological polar surface area (TPSA) is 78.0 Å². The molecule has 5 heteroatoms. The fourth-order valence-electron chi connectivity index (χ4n) is 1.08. The van der Waals surface area contributed by atoms with Gasteiger partial charge in [-0.3, -0.25) is 9.89 Å². The highest BCUT2D eigenvalue weighted by Crippen LogP contribution is 2.19. The third-order valence-corrected chi connectivity index (χ3v) is 2.02. The first kappa shape index (κ1) is 11.7. The molecule has 3 N–H and O–H groups in total. The summed E-state index contributed by atoms with van der Waals surface area (Å²) in [6, 6.07) is 1.73. The Labute approximate surface area is 88.9 Å². The Bertz CT molecular complexity index is 339. The molecular formula is C10H17N3O2. The van der Waals surface area contributed by atoms with E-state index < -0.39 is 0 Å². The van der Waals surface area contributed by atoms with Gasteiger partial charge >= 0.3 is 0 Å². The van der Waals surface area contributed by atoms with Gasteiger partial charge < -0.3 is 10.4 Å². The predicted octanol–water partition coefficient (Wildman–Crippen LogP) is 0.429. The van der Waals surface area contributed by atoms with E-state index in [1.54, 1.807) is 6.07 Å². The number of amides is 1. The van der Waals surface area contributed by atoms with Gasteiger partial charge in [0.05, 0.1) is 6.61 Å². The summed E-state index contributed by atoms with van der Waals surface area (Å²) in [5.41, 5.74) is 1.22. The molecule has 0 aliphatic rings. The van der Waals surface area contributed by atoms with E-state index >= 15 is 0 Å². The van der Waals surface area contributed by atoms with Gasteiger partial charge in [-0.1, -0.05) is 20.8 Å². The number of nitrogens with one attached hydrogen (secondary N) is 2. The first-order chi connectivity index (χ1) is 6.95. The highest BCUT2D eigenvalue weighted by atomic mass is 16.3. The second kappa shape index (κ2) is 4.44. The SMILES string of the molecule is CC(C)(C)c1cc(C(=O)NCCO)n[nH]1. The van der Waals surface area contributed by atoms with Crippen molar-refractivity contribution in [2.24, 2.45) is 0 Å². The molecule has 1 aromatic heterocycles. The lowest BCUT2D eigenvalue weighted by Gasteiger charge is -2.14. The zero-order valence-corrected chi connectivity index (χ0v) is 9.29. The molecule has 0 aliphatic heterocycles. The number of carbonyl (C=O) groups excluding carboxylic acids is 1. The molecule has 84 valence electrons. The van der Waals surface area contributed by atoms with Crippen LogP contribution in [0.2, 0.25) is 0 Å². The summed E-state index contributed by atoms with van der Waals surface area (Å²) in [6.45, 7) is 6.29. The molecule has 0 saturated carbocycles. The number of hydrogen-bond acceptors (Lipinski definition) is 3. The zero-order valence-electron chi connectivity index (χ0n) is 9.29. The largest absolute Gasteiger partial charge is 0.395 e. The molecule has 0 aliphatic carbocycles. The molecule has 0 saturated heterocycles. The number of hydrogen-bond donors (Lipinski definition) is 3. The maximum absolute atomic E-state index is 11.4. The van der Waals surface area contributed by atoms with Crippen LogP contribution in [0.25, 0.3) is 0 Å². The van der Waals surface area contributed by atoms with E-state index in [1.807, 2.05) is 20.8 Å². The maximum atomic E-state index is 11.4. The first-order valence-electron chi connectivity index (χ1n) is 4.90. The highest BCUT2D eigenvalue weighted by Gasteiger charge is 2.18. The summed E-state index contributed by atoms with van der Waals surface area (Å²) in [5.74, 6) is -0.268. The number of aliphatic hydroxyl groups excluding tert-OH is 1. The minimum absolute atomic E-state index is 0.0531. The van der Waals surface area contributed by atoms with Crippen LogP contribution in [-0.4, -0.2) is 34.4 Å². The van der Waals surface area contributed by atoms with Crippen molar-refractivity contribution in [3.8, 4) is 0 Å². The number of aromatic nitrogens is 2. The van der Waals surface area contributed by atoms with E-state index in [9.17, 15) is 4.79 Å². The van der Waals surface area contributed by atoms with Crippen molar-refractivity contribution < 1.29 is 9.90 Å². The van der Waals surface area contributed by atoms with Crippen LogP contribution in [0.3, 0.4) is 0 Å². The van der Waals surface area contributed by atoms with Gasteiger partial charge in [-0.25, -0.2) is 0 Å². The van der Waals surface area contributed by atoms with Crippen molar-refractivity contribution in [3.05, 3.63) is 17.5 Å². The fourth-order valence-corrected chi connectivity index (χ4v) is 1.08. The van der Waals surface area contributed by atoms with Gasteiger partial charge in [-0.05, 0) is 6.07 Å². The summed E-state index contributed by atoms with van der Waals surface area (Å²) >= 11 is 0. The number of aromatic amines is 1. The van der Waals surface area contributed by atoms with Gasteiger partial charge in [0.15, 0.2) is 0 Å². The zero-order chi connectivity index (χ0) is 11.5. The Morgan fingerprint density at radius 2 is 2.27 bits per heavy atom. The molecule has 15 heavy (non-hydrogen) atoms. The fraction of sp³-hybridized carbons (Fsp3) is 0.600. The maximum Gasteiger partial charge on any atom is 0.271 e. The summed E-state index contributed by atoms with van der Waals surface area (Å²) in [7, 11) is 0. The predicted molar refractivity (Wildman–Crippen MR) is 56.7 cm³/mol. The average molecular weight is 211 g/mol. The Hall–Kier alpha value is -1.36. The summed E-state index contributed by atoms with van der Waals surface area (Å²) in [5, 5.41) is 17.8. The number of carbonyl (C=O) groups is 1. The summed E-state index contributed by atoms with van der Waals surface area (Å²) < 4.78 is 0. The van der Waals surface area contributed by atoms with E-state index in [4.69, 9.17) is 5.11 Å². The van der Waals surface area contributed by atoms with Crippen LogP contribution in [-0.2, 0) is 5.41 Å². The minimum Gasteiger partial charge on any atom is -0.395 e. The van der Waals surface area contributed by atoms with Gasteiger partial charge in [-0.15, -0.1) is 0 Å². The van der Waals surface area contributed by atoms with Gasteiger partial charge in [0.1, 0.15) is 5.69 Å². The average Bonchev–Trinajstić information content (AvgIpc) is 2.62. The van der Waals surface area contributed by atoms with Crippen LogP contribution >= 0.6 is 0 Å². The molecule has 0 unspecified atom stereocenters. The van der Waals surface area contributed by atoms with Crippen LogP contribution < -0.4 is 5.32 Å². The quantitative estimate of drug-likeness (QED) is 0.678. The van der Waals surface area contributed by atoms with Crippen LogP contribution in [0, 0.1) is 0 Å². The summed E-state index contributed by atoms with van der Waals surface area (Å²) in [6.07, 6.45) is 0. The molecule has 0 aromatic carbocycles. The molecule has 0 atom stereocenters. The van der Waals surface area contributed by atoms with E-state index in [1.165, 1.54) is 0 Å². The number of rotatable bonds is 3. The Morgan fingerprint density at radius 1 is 1.60 bits per heavy atom. The number of nitrogens with zero attached hydrogens (tertiary/aromatic N) is 1. The molecule has 0 radical (unpaired) electrons. The van der Waals surface area contributed by atoms with Crippen LogP contribution in [0.15, 0.2) is 6.07 Å². The van der Waals surface area contributed by atoms with Crippen molar-refractivity contribution in [2.45, 2.75) is 26.2 Å². The van der Waals surface area contributed by atoms with Gasteiger partial charge in [0.25, 0.3) is 5.91 Å². The Morgan fingerprint density at radius 3 is 2.73 bits per heavy atom. The Balaban J connectivity index is 2.72. The number of aliphatic hydroxyl groups is 1. The molecule has 1 rings (SSSR count). The third kappa shape index (κ3) is 3.06. The van der Waals surface area contributed by atoms with Gasteiger partial charge in [-0.2, -0.15) is 5.10 Å². The van der Waals surface area contributed by atoms with Crippen molar-refractivity contribution >= 4 is 5.91 Å². The molecule has 0 fully saturated rings.